The van der Waals surface area contributed by atoms with Crippen molar-refractivity contribution in [3.8, 4) is 0 Å². The van der Waals surface area contributed by atoms with E-state index in [-0.39, 0.29) is 0 Å². The number of likely N-dealkylation sites (tertiary alicyclic amines) is 1. The Bertz CT molecular complexity index is 185. The number of nitrogens with one attached hydrogen (secondary N) is 1. The standard InChI is InChI=1S/C14H30N2O/c1-4-7-15-11-14-6-5-8-16(12-14)9-10-17-13(2)3/h13-15H,4-12H2,1-3H3. The molecule has 1 fully saturated rings. The first-order chi connectivity index (χ1) is 8.22. The number of piperidine rings is 1. The second-order valence-corrected chi connectivity index (χ2v) is 5.43. The minimum atomic E-state index is 0.363. The first-order valence-corrected chi connectivity index (χ1v) is 7.27. The summed E-state index contributed by atoms with van der Waals surface area (Å²) in [5.74, 6) is 0.842. The van der Waals surface area contributed by atoms with Crippen LogP contribution in [0.2, 0.25) is 0 Å². The van der Waals surface area contributed by atoms with Gasteiger partial charge in [0.2, 0.25) is 0 Å². The molecule has 102 valence electrons. The normalized spacial score (nSPS) is 22.2. The average molecular weight is 242 g/mol. The van der Waals surface area contributed by atoms with E-state index in [0.29, 0.717) is 6.10 Å². The second kappa shape index (κ2) is 8.90. The van der Waals surface area contributed by atoms with Gasteiger partial charge in [0.05, 0.1) is 12.7 Å². The van der Waals surface area contributed by atoms with Crippen LogP contribution >= 0.6 is 0 Å². The zero-order valence-corrected chi connectivity index (χ0v) is 11.9. The maximum Gasteiger partial charge on any atom is 0.0596 e. The fourth-order valence-electron chi connectivity index (χ4n) is 2.42. The van der Waals surface area contributed by atoms with Crippen LogP contribution in [-0.4, -0.2) is 50.3 Å². The fraction of sp³-hybridized carbons (Fsp3) is 1.00. The Hall–Kier alpha value is -0.120. The van der Waals surface area contributed by atoms with Gasteiger partial charge >= 0.3 is 0 Å². The molecule has 1 aliphatic heterocycles. The number of hydrogen-bond donors (Lipinski definition) is 1. The largest absolute Gasteiger partial charge is 0.377 e. The van der Waals surface area contributed by atoms with Crippen molar-refractivity contribution >= 4 is 0 Å². The van der Waals surface area contributed by atoms with Gasteiger partial charge in [0.25, 0.3) is 0 Å². The molecule has 17 heavy (non-hydrogen) atoms. The van der Waals surface area contributed by atoms with E-state index in [1.165, 1.54) is 38.9 Å². The SMILES string of the molecule is CCCNCC1CCCN(CCOC(C)C)C1. The van der Waals surface area contributed by atoms with Crippen LogP contribution in [0.15, 0.2) is 0 Å². The molecule has 0 saturated carbocycles. The smallest absolute Gasteiger partial charge is 0.0596 e. The van der Waals surface area contributed by atoms with Gasteiger partial charge in [-0.05, 0) is 58.7 Å². The van der Waals surface area contributed by atoms with Crippen LogP contribution in [0.3, 0.4) is 0 Å². The van der Waals surface area contributed by atoms with Gasteiger partial charge in [-0.15, -0.1) is 0 Å². The predicted octanol–water partition coefficient (Wildman–Crippen LogP) is 2.12. The fourth-order valence-corrected chi connectivity index (χ4v) is 2.42. The van der Waals surface area contributed by atoms with Gasteiger partial charge in [-0.3, -0.25) is 0 Å². The summed E-state index contributed by atoms with van der Waals surface area (Å²) < 4.78 is 5.62. The van der Waals surface area contributed by atoms with Crippen LogP contribution in [0.25, 0.3) is 0 Å². The molecular formula is C14H30N2O. The Morgan fingerprint density at radius 1 is 1.41 bits per heavy atom. The molecule has 0 aliphatic carbocycles. The quantitative estimate of drug-likeness (QED) is 0.660. The van der Waals surface area contributed by atoms with Crippen LogP contribution < -0.4 is 5.32 Å². The number of hydrogen-bond acceptors (Lipinski definition) is 3. The lowest BCUT2D eigenvalue weighted by molar-refractivity contribution is 0.0487. The van der Waals surface area contributed by atoms with E-state index < -0.39 is 0 Å². The first-order valence-electron chi connectivity index (χ1n) is 7.27. The summed E-state index contributed by atoms with van der Waals surface area (Å²) in [6, 6.07) is 0. The highest BCUT2D eigenvalue weighted by molar-refractivity contribution is 4.74. The van der Waals surface area contributed by atoms with Crippen LogP contribution in [0.5, 0.6) is 0 Å². The number of nitrogens with zero attached hydrogens (tertiary/aromatic N) is 1. The molecular weight excluding hydrogens is 212 g/mol. The summed E-state index contributed by atoms with van der Waals surface area (Å²) in [4.78, 5) is 2.56. The lowest BCUT2D eigenvalue weighted by Crippen LogP contribution is -2.41. The van der Waals surface area contributed by atoms with E-state index in [2.05, 4.69) is 31.0 Å². The Morgan fingerprint density at radius 2 is 2.24 bits per heavy atom. The highest BCUT2D eigenvalue weighted by atomic mass is 16.5. The van der Waals surface area contributed by atoms with Crippen molar-refractivity contribution < 1.29 is 4.74 Å². The van der Waals surface area contributed by atoms with Gasteiger partial charge in [-0.1, -0.05) is 6.92 Å². The number of rotatable bonds is 8. The van der Waals surface area contributed by atoms with Crippen LogP contribution in [-0.2, 0) is 4.74 Å². The highest BCUT2D eigenvalue weighted by Crippen LogP contribution is 2.15. The third-order valence-corrected chi connectivity index (χ3v) is 3.32. The van der Waals surface area contributed by atoms with E-state index in [9.17, 15) is 0 Å². The van der Waals surface area contributed by atoms with E-state index >= 15 is 0 Å². The molecule has 1 atom stereocenters. The van der Waals surface area contributed by atoms with Gasteiger partial charge in [-0.2, -0.15) is 0 Å². The maximum atomic E-state index is 5.62. The minimum Gasteiger partial charge on any atom is -0.377 e. The first kappa shape index (κ1) is 14.9. The zero-order valence-electron chi connectivity index (χ0n) is 11.9. The van der Waals surface area contributed by atoms with Crippen molar-refractivity contribution in [2.24, 2.45) is 5.92 Å². The molecule has 1 unspecified atom stereocenters. The van der Waals surface area contributed by atoms with Crippen molar-refractivity contribution in [1.29, 1.82) is 0 Å². The Labute approximate surface area is 107 Å². The summed E-state index contributed by atoms with van der Waals surface area (Å²) in [5.41, 5.74) is 0. The van der Waals surface area contributed by atoms with E-state index in [1.54, 1.807) is 0 Å². The molecule has 1 N–H and O–H groups in total. The van der Waals surface area contributed by atoms with E-state index in [0.717, 1.165) is 25.6 Å². The van der Waals surface area contributed by atoms with E-state index in [1.807, 2.05) is 0 Å². The maximum absolute atomic E-state index is 5.62. The van der Waals surface area contributed by atoms with Gasteiger partial charge in [0, 0.05) is 13.1 Å². The Kier molecular flexibility index (Phi) is 7.82. The summed E-state index contributed by atoms with van der Waals surface area (Å²) in [6.07, 6.45) is 4.33. The van der Waals surface area contributed by atoms with E-state index in [4.69, 9.17) is 4.74 Å². The predicted molar refractivity (Wildman–Crippen MR) is 73.4 cm³/mol. The third kappa shape index (κ3) is 7.02. The zero-order chi connectivity index (χ0) is 12.5. The van der Waals surface area contributed by atoms with Crippen molar-refractivity contribution in [3.63, 3.8) is 0 Å². The molecule has 0 aromatic rings. The molecule has 1 aliphatic rings. The lowest BCUT2D eigenvalue weighted by atomic mass is 9.98. The summed E-state index contributed by atoms with van der Waals surface area (Å²) in [6.45, 7) is 13.3. The molecule has 1 heterocycles. The molecule has 0 radical (unpaired) electrons. The molecule has 0 bridgehead atoms. The molecule has 1 saturated heterocycles. The Balaban J connectivity index is 2.10. The Morgan fingerprint density at radius 3 is 2.94 bits per heavy atom. The average Bonchev–Trinajstić information content (AvgIpc) is 2.29. The highest BCUT2D eigenvalue weighted by Gasteiger charge is 2.19. The third-order valence-electron chi connectivity index (χ3n) is 3.32. The van der Waals surface area contributed by atoms with Gasteiger partial charge < -0.3 is 15.0 Å². The van der Waals surface area contributed by atoms with Crippen molar-refractivity contribution in [1.82, 2.24) is 10.2 Å². The van der Waals surface area contributed by atoms with Crippen LogP contribution in [0.4, 0.5) is 0 Å². The molecule has 3 nitrogen and oxygen atoms in total. The second-order valence-electron chi connectivity index (χ2n) is 5.43. The molecule has 1 rings (SSSR count). The summed E-state index contributed by atoms with van der Waals surface area (Å²) >= 11 is 0. The van der Waals surface area contributed by atoms with Crippen molar-refractivity contribution in [2.45, 2.75) is 46.1 Å². The minimum absolute atomic E-state index is 0.363. The van der Waals surface area contributed by atoms with Crippen molar-refractivity contribution in [3.05, 3.63) is 0 Å². The summed E-state index contributed by atoms with van der Waals surface area (Å²) in [5, 5.41) is 3.54. The van der Waals surface area contributed by atoms with Gasteiger partial charge in [0.15, 0.2) is 0 Å². The summed E-state index contributed by atoms with van der Waals surface area (Å²) in [7, 11) is 0. The lowest BCUT2D eigenvalue weighted by Gasteiger charge is -2.32. The molecule has 0 spiro atoms. The van der Waals surface area contributed by atoms with Crippen LogP contribution in [0.1, 0.15) is 40.0 Å². The van der Waals surface area contributed by atoms with Gasteiger partial charge in [0.1, 0.15) is 0 Å². The van der Waals surface area contributed by atoms with Crippen LogP contribution in [0, 0.1) is 5.92 Å². The number of ether oxygens (including phenoxy) is 1. The monoisotopic (exact) mass is 242 g/mol. The molecule has 3 heteroatoms. The molecule has 0 aromatic carbocycles. The molecule has 0 amide bonds. The topological polar surface area (TPSA) is 24.5 Å². The van der Waals surface area contributed by atoms with Crippen molar-refractivity contribution in [2.75, 3.05) is 39.3 Å². The molecule has 0 aromatic heterocycles. The van der Waals surface area contributed by atoms with Gasteiger partial charge in [-0.25, -0.2) is 0 Å².